The van der Waals surface area contributed by atoms with E-state index in [9.17, 15) is 9.18 Å². The topological polar surface area (TPSA) is 84.2 Å². The molecule has 2 heterocycles. The summed E-state index contributed by atoms with van der Waals surface area (Å²) >= 11 is 0. The van der Waals surface area contributed by atoms with Crippen LogP contribution in [0.3, 0.4) is 0 Å². The van der Waals surface area contributed by atoms with Crippen LogP contribution in [0.5, 0.6) is 11.5 Å². The number of methoxy groups -OCH3 is 1. The Morgan fingerprint density at radius 3 is 2.79 bits per heavy atom. The van der Waals surface area contributed by atoms with E-state index in [4.69, 9.17) is 19.7 Å². The summed E-state index contributed by atoms with van der Waals surface area (Å²) in [5.41, 5.74) is 1.84. The summed E-state index contributed by atoms with van der Waals surface area (Å²) in [7, 11) is 1.50. The maximum Gasteiger partial charge on any atom is 0.282 e. The van der Waals surface area contributed by atoms with Crippen LogP contribution in [0, 0.1) is 11.2 Å². The molecule has 168 valence electrons. The number of benzene rings is 2. The molecule has 0 unspecified atom stereocenters. The van der Waals surface area contributed by atoms with Gasteiger partial charge in [-0.15, -0.1) is 11.6 Å². The molecule has 0 bridgehead atoms. The van der Waals surface area contributed by atoms with E-state index in [1.165, 1.54) is 18.2 Å². The van der Waals surface area contributed by atoms with Gasteiger partial charge in [0.15, 0.2) is 23.2 Å². The SMILES string of the molecule is C=CCc1cc(/C=C2/C(=N)N3OC(C)=CC3=NC2=O)cc(OC)c1OCc1ccccc1F. The molecule has 2 aromatic rings. The fourth-order valence-electron chi connectivity index (χ4n) is 3.52. The minimum Gasteiger partial charge on any atom is -0.493 e. The maximum absolute atomic E-state index is 14.0. The molecule has 0 radical (unpaired) electrons. The van der Waals surface area contributed by atoms with Crippen molar-refractivity contribution >= 4 is 23.7 Å². The Hall–Kier alpha value is -4.20. The number of halogens is 1. The Labute approximate surface area is 190 Å². The second-order valence-electron chi connectivity index (χ2n) is 7.41. The number of aliphatic imine (C=N–C) groups is 1. The van der Waals surface area contributed by atoms with E-state index in [0.29, 0.717) is 34.8 Å². The van der Waals surface area contributed by atoms with Crippen molar-refractivity contribution in [3.63, 3.8) is 0 Å². The van der Waals surface area contributed by atoms with Gasteiger partial charge < -0.3 is 14.3 Å². The van der Waals surface area contributed by atoms with Gasteiger partial charge in [-0.3, -0.25) is 10.2 Å². The summed E-state index contributed by atoms with van der Waals surface area (Å²) in [6.07, 6.45) is 5.30. The Morgan fingerprint density at radius 2 is 2.06 bits per heavy atom. The molecule has 1 amide bonds. The molecule has 0 aromatic heterocycles. The highest BCUT2D eigenvalue weighted by Crippen LogP contribution is 2.35. The number of amidine groups is 2. The van der Waals surface area contributed by atoms with Crippen LogP contribution in [0.2, 0.25) is 0 Å². The first kappa shape index (κ1) is 22.0. The Balaban J connectivity index is 1.68. The Morgan fingerprint density at radius 1 is 1.27 bits per heavy atom. The molecule has 1 N–H and O–H groups in total. The molecule has 0 saturated heterocycles. The predicted octanol–water partition coefficient (Wildman–Crippen LogP) is 4.59. The van der Waals surface area contributed by atoms with Crippen molar-refractivity contribution in [1.29, 1.82) is 5.41 Å². The third-order valence-corrected chi connectivity index (χ3v) is 5.06. The first-order valence-electron chi connectivity index (χ1n) is 10.2. The van der Waals surface area contributed by atoms with E-state index in [2.05, 4.69) is 11.6 Å². The van der Waals surface area contributed by atoms with Crippen LogP contribution in [-0.4, -0.2) is 29.8 Å². The average molecular weight is 447 g/mol. The largest absolute Gasteiger partial charge is 0.493 e. The van der Waals surface area contributed by atoms with E-state index >= 15 is 0 Å². The predicted molar refractivity (Wildman–Crippen MR) is 122 cm³/mol. The standard InChI is InChI=1S/C25H22FN3O4/c1-4-7-17-11-16(12-19-24(27)29-22(28-25(19)30)10-15(2)33-29)13-21(31-3)23(17)32-14-18-8-5-6-9-20(18)26/h4-6,8-13,27H,1,7,14H2,2-3H3/b19-12-,27-24?. The number of ether oxygens (including phenoxy) is 2. The van der Waals surface area contributed by atoms with Gasteiger partial charge in [0.1, 0.15) is 18.2 Å². The van der Waals surface area contributed by atoms with E-state index in [0.717, 1.165) is 5.56 Å². The molecule has 2 aliphatic heterocycles. The number of rotatable bonds is 7. The second kappa shape index (κ2) is 9.12. The number of allylic oxidation sites excluding steroid dienone is 2. The van der Waals surface area contributed by atoms with Crippen LogP contribution in [-0.2, 0) is 22.7 Å². The monoisotopic (exact) mass is 447 g/mol. The van der Waals surface area contributed by atoms with Crippen molar-refractivity contribution in [2.75, 3.05) is 7.11 Å². The van der Waals surface area contributed by atoms with Crippen molar-refractivity contribution < 1.29 is 23.5 Å². The van der Waals surface area contributed by atoms with Crippen LogP contribution in [0.1, 0.15) is 23.6 Å². The summed E-state index contributed by atoms with van der Waals surface area (Å²) in [5.74, 6) is 0.681. The Bertz CT molecular complexity index is 1250. The number of hydrogen-bond donors (Lipinski definition) is 1. The molecule has 0 saturated carbocycles. The molecule has 0 atom stereocenters. The minimum atomic E-state index is -0.537. The zero-order valence-corrected chi connectivity index (χ0v) is 18.2. The van der Waals surface area contributed by atoms with Gasteiger partial charge in [0.2, 0.25) is 0 Å². The molecule has 33 heavy (non-hydrogen) atoms. The lowest BCUT2D eigenvalue weighted by molar-refractivity contribution is -0.114. The maximum atomic E-state index is 14.0. The molecule has 2 aromatic carbocycles. The lowest BCUT2D eigenvalue weighted by atomic mass is 10.0. The summed E-state index contributed by atoms with van der Waals surface area (Å²) in [5, 5.41) is 9.59. The van der Waals surface area contributed by atoms with Gasteiger partial charge in [0.05, 0.1) is 12.7 Å². The highest BCUT2D eigenvalue weighted by Gasteiger charge is 2.34. The zero-order valence-electron chi connectivity index (χ0n) is 18.2. The van der Waals surface area contributed by atoms with Crippen LogP contribution in [0.15, 0.2) is 71.5 Å². The van der Waals surface area contributed by atoms with E-state index < -0.39 is 5.91 Å². The summed E-state index contributed by atoms with van der Waals surface area (Å²) in [6.45, 7) is 5.53. The molecule has 8 heteroatoms. The highest BCUT2D eigenvalue weighted by atomic mass is 19.1. The van der Waals surface area contributed by atoms with Crippen LogP contribution < -0.4 is 9.47 Å². The number of carbonyl (C=O) groups is 1. The van der Waals surface area contributed by atoms with Gasteiger partial charge in [-0.1, -0.05) is 24.3 Å². The molecule has 4 rings (SSSR count). The van der Waals surface area contributed by atoms with Crippen molar-refractivity contribution in [3.8, 4) is 11.5 Å². The van der Waals surface area contributed by atoms with Gasteiger partial charge in [0.25, 0.3) is 5.91 Å². The normalized spacial score (nSPS) is 16.2. The summed E-state index contributed by atoms with van der Waals surface area (Å²) in [6, 6.07) is 9.88. The number of hydroxylamine groups is 2. The number of fused-ring (bicyclic) bond motifs is 1. The van der Waals surface area contributed by atoms with Gasteiger partial charge in [-0.05, 0) is 43.2 Å². The van der Waals surface area contributed by atoms with Gasteiger partial charge in [-0.25, -0.2) is 4.39 Å². The first-order chi connectivity index (χ1) is 15.9. The van der Waals surface area contributed by atoms with E-state index in [1.807, 2.05) is 6.07 Å². The van der Waals surface area contributed by atoms with Crippen molar-refractivity contribution in [2.24, 2.45) is 4.99 Å². The lowest BCUT2D eigenvalue weighted by Gasteiger charge is -2.23. The van der Waals surface area contributed by atoms with E-state index in [-0.39, 0.29) is 29.7 Å². The van der Waals surface area contributed by atoms with E-state index in [1.54, 1.807) is 49.4 Å². The van der Waals surface area contributed by atoms with Gasteiger partial charge in [0, 0.05) is 17.2 Å². The summed E-state index contributed by atoms with van der Waals surface area (Å²) < 4.78 is 25.5. The molecule has 0 fully saturated rings. The number of hydrogen-bond acceptors (Lipinski definition) is 5. The van der Waals surface area contributed by atoms with Gasteiger partial charge in [-0.2, -0.15) is 4.99 Å². The smallest absolute Gasteiger partial charge is 0.282 e. The third-order valence-electron chi connectivity index (χ3n) is 5.06. The molecular formula is C25H22FN3O4. The van der Waals surface area contributed by atoms with Crippen molar-refractivity contribution in [2.45, 2.75) is 20.0 Å². The molecule has 0 spiro atoms. The summed E-state index contributed by atoms with van der Waals surface area (Å²) in [4.78, 5) is 22.0. The molecule has 2 aliphatic rings. The molecule has 0 aliphatic carbocycles. The van der Waals surface area contributed by atoms with Crippen LogP contribution in [0.25, 0.3) is 6.08 Å². The lowest BCUT2D eigenvalue weighted by Crippen LogP contribution is -2.38. The van der Waals surface area contributed by atoms with Crippen molar-refractivity contribution in [3.05, 3.63) is 89.0 Å². The first-order valence-corrected chi connectivity index (χ1v) is 10.2. The fourth-order valence-corrected chi connectivity index (χ4v) is 3.52. The molecule has 7 nitrogen and oxygen atoms in total. The quantitative estimate of drug-likeness (QED) is 0.496. The van der Waals surface area contributed by atoms with Crippen molar-refractivity contribution in [1.82, 2.24) is 5.06 Å². The number of nitrogens with zero attached hydrogens (tertiary/aromatic N) is 2. The highest BCUT2D eigenvalue weighted by molar-refractivity contribution is 6.32. The molecular weight excluding hydrogens is 425 g/mol. The zero-order chi connectivity index (χ0) is 23.5. The minimum absolute atomic E-state index is 0.0207. The fraction of sp³-hybridized carbons (Fsp3) is 0.160. The number of amides is 1. The Kier molecular flexibility index (Phi) is 6.08. The third kappa shape index (κ3) is 4.41. The van der Waals surface area contributed by atoms with Crippen LogP contribution >= 0.6 is 0 Å². The number of carbonyl (C=O) groups excluding carboxylic acids is 1. The van der Waals surface area contributed by atoms with Crippen LogP contribution in [0.4, 0.5) is 4.39 Å². The van der Waals surface area contributed by atoms with Gasteiger partial charge >= 0.3 is 0 Å². The average Bonchev–Trinajstić information content (AvgIpc) is 3.17. The second-order valence-corrected chi connectivity index (χ2v) is 7.41. The number of nitrogens with one attached hydrogen (secondary N) is 1.